The molecule has 0 unspecified atom stereocenters. The number of carboxylic acid groups (broad SMARTS) is 1. The monoisotopic (exact) mass is 428 g/mol. The first-order valence-electron chi connectivity index (χ1n) is 8.72. The van der Waals surface area contributed by atoms with E-state index in [9.17, 15) is 13.2 Å². The zero-order valence-electron chi connectivity index (χ0n) is 15.3. The number of halogens is 3. The smallest absolute Gasteiger partial charge is 0.475 e. The van der Waals surface area contributed by atoms with Crippen molar-refractivity contribution in [3.63, 3.8) is 0 Å². The van der Waals surface area contributed by atoms with Gasteiger partial charge in [0.25, 0.3) is 0 Å². The van der Waals surface area contributed by atoms with E-state index in [2.05, 4.69) is 41.4 Å². The minimum Gasteiger partial charge on any atom is -0.475 e. The summed E-state index contributed by atoms with van der Waals surface area (Å²) in [4.78, 5) is 20.0. The molecule has 0 bridgehead atoms. The normalized spacial score (nSPS) is 14.6. The number of nitrogens with zero attached hydrogens (tertiary/aromatic N) is 6. The van der Waals surface area contributed by atoms with Gasteiger partial charge >= 0.3 is 12.1 Å². The number of carboxylic acids is 1. The van der Waals surface area contributed by atoms with E-state index in [0.717, 1.165) is 39.1 Å². The topological polar surface area (TPSA) is 89.1 Å². The van der Waals surface area contributed by atoms with Gasteiger partial charge in [-0.25, -0.2) is 19.4 Å². The maximum atomic E-state index is 10.6. The zero-order chi connectivity index (χ0) is 20.9. The van der Waals surface area contributed by atoms with Crippen LogP contribution >= 0.6 is 11.3 Å². The van der Waals surface area contributed by atoms with E-state index in [1.165, 1.54) is 17.1 Å². The van der Waals surface area contributed by atoms with Crippen molar-refractivity contribution in [1.82, 2.24) is 29.2 Å². The Morgan fingerprint density at radius 2 is 2.03 bits per heavy atom. The number of alkyl halides is 3. The van der Waals surface area contributed by atoms with Crippen LogP contribution < -0.4 is 0 Å². The van der Waals surface area contributed by atoms with Crippen LogP contribution in [0.25, 0.3) is 0 Å². The number of hydrogen-bond acceptors (Lipinski definition) is 6. The Balaban J connectivity index is 0.000000298. The van der Waals surface area contributed by atoms with Gasteiger partial charge in [0.05, 0.1) is 18.4 Å². The highest BCUT2D eigenvalue weighted by atomic mass is 32.1. The molecule has 0 saturated heterocycles. The van der Waals surface area contributed by atoms with Gasteiger partial charge in [0.1, 0.15) is 18.5 Å². The molecule has 3 aromatic rings. The summed E-state index contributed by atoms with van der Waals surface area (Å²) in [6, 6.07) is 2.21. The third-order valence-electron chi connectivity index (χ3n) is 4.33. The van der Waals surface area contributed by atoms with Crippen LogP contribution in [0, 0.1) is 0 Å². The molecule has 12 heteroatoms. The zero-order valence-corrected chi connectivity index (χ0v) is 16.1. The molecule has 4 heterocycles. The fourth-order valence-corrected chi connectivity index (χ4v) is 3.60. The Kier molecular flexibility index (Phi) is 6.64. The van der Waals surface area contributed by atoms with E-state index < -0.39 is 12.1 Å². The van der Waals surface area contributed by atoms with Gasteiger partial charge in [-0.15, -0.1) is 0 Å². The molecule has 0 spiro atoms. The minimum atomic E-state index is -5.08. The van der Waals surface area contributed by atoms with Gasteiger partial charge in [-0.1, -0.05) is 0 Å². The van der Waals surface area contributed by atoms with Crippen molar-refractivity contribution in [2.45, 2.75) is 32.2 Å². The number of aromatic nitrogens is 5. The van der Waals surface area contributed by atoms with E-state index in [0.29, 0.717) is 0 Å². The molecular weight excluding hydrogens is 409 g/mol. The predicted molar refractivity (Wildman–Crippen MR) is 98.3 cm³/mol. The van der Waals surface area contributed by atoms with Crippen LogP contribution in [0.2, 0.25) is 0 Å². The Morgan fingerprint density at radius 1 is 1.24 bits per heavy atom. The molecule has 1 aliphatic heterocycles. The van der Waals surface area contributed by atoms with Gasteiger partial charge in [0.2, 0.25) is 0 Å². The summed E-state index contributed by atoms with van der Waals surface area (Å²) in [5.74, 6) is -1.57. The van der Waals surface area contributed by atoms with Crippen molar-refractivity contribution in [3.8, 4) is 0 Å². The molecule has 0 saturated carbocycles. The molecule has 156 valence electrons. The first-order valence-corrected chi connectivity index (χ1v) is 9.66. The quantitative estimate of drug-likeness (QED) is 0.686. The molecule has 3 aromatic heterocycles. The summed E-state index contributed by atoms with van der Waals surface area (Å²) in [6.07, 6.45) is 1.22. The van der Waals surface area contributed by atoms with Crippen LogP contribution in [-0.4, -0.2) is 59.6 Å². The van der Waals surface area contributed by atoms with Crippen molar-refractivity contribution in [1.29, 1.82) is 0 Å². The molecule has 8 nitrogen and oxygen atoms in total. The fourth-order valence-electron chi connectivity index (χ4n) is 2.94. The van der Waals surface area contributed by atoms with Gasteiger partial charge in [-0.2, -0.15) is 29.6 Å². The van der Waals surface area contributed by atoms with Gasteiger partial charge < -0.3 is 9.67 Å². The second-order valence-corrected chi connectivity index (χ2v) is 7.15. The number of fused-ring (bicyclic) bond motifs is 1. The van der Waals surface area contributed by atoms with Crippen LogP contribution in [0.1, 0.15) is 17.1 Å². The standard InChI is InChI=1S/C15H18N6S.C2HF3O2/c1-3-19(8-13-2-6-22-10-13)4-5-21-14(7-17-15(1)21)9-20-12-16-11-18-20;3-2(4,5)1(6)7/h2,6-7,10-12H,1,3-5,8-9H2;(H,6,7). The third-order valence-corrected chi connectivity index (χ3v) is 5.06. The van der Waals surface area contributed by atoms with Crippen molar-refractivity contribution >= 4 is 17.3 Å². The fraction of sp³-hybridized carbons (Fsp3) is 0.412. The van der Waals surface area contributed by atoms with Crippen molar-refractivity contribution in [2.75, 3.05) is 13.1 Å². The number of carbonyl (C=O) groups is 1. The van der Waals surface area contributed by atoms with Crippen LogP contribution in [-0.2, 0) is 30.8 Å². The maximum absolute atomic E-state index is 10.6. The molecule has 29 heavy (non-hydrogen) atoms. The van der Waals surface area contributed by atoms with Gasteiger partial charge in [0, 0.05) is 32.6 Å². The summed E-state index contributed by atoms with van der Waals surface area (Å²) in [5.41, 5.74) is 2.62. The number of hydrogen-bond donors (Lipinski definition) is 1. The lowest BCUT2D eigenvalue weighted by molar-refractivity contribution is -0.192. The van der Waals surface area contributed by atoms with E-state index in [1.807, 2.05) is 10.9 Å². The summed E-state index contributed by atoms with van der Waals surface area (Å²) in [5, 5.41) is 15.7. The Morgan fingerprint density at radius 3 is 2.66 bits per heavy atom. The first kappa shape index (κ1) is 21.0. The van der Waals surface area contributed by atoms with E-state index >= 15 is 0 Å². The first-order chi connectivity index (χ1) is 13.8. The van der Waals surface area contributed by atoms with Crippen molar-refractivity contribution < 1.29 is 23.1 Å². The van der Waals surface area contributed by atoms with E-state index in [4.69, 9.17) is 9.90 Å². The van der Waals surface area contributed by atoms with Gasteiger partial charge in [-0.3, -0.25) is 4.90 Å². The van der Waals surface area contributed by atoms with Crippen molar-refractivity contribution in [3.05, 3.63) is 52.8 Å². The summed E-state index contributed by atoms with van der Waals surface area (Å²) in [7, 11) is 0. The highest BCUT2D eigenvalue weighted by Gasteiger charge is 2.38. The van der Waals surface area contributed by atoms with Gasteiger partial charge in [0.15, 0.2) is 0 Å². The molecule has 4 rings (SSSR count). The second kappa shape index (κ2) is 9.18. The Hall–Kier alpha value is -2.73. The molecule has 0 aromatic carbocycles. The average Bonchev–Trinajstić information content (AvgIpc) is 3.39. The number of rotatable bonds is 4. The van der Waals surface area contributed by atoms with Gasteiger partial charge in [-0.05, 0) is 22.4 Å². The molecule has 0 atom stereocenters. The summed E-state index contributed by atoms with van der Waals surface area (Å²) in [6.45, 7) is 4.88. The van der Waals surface area contributed by atoms with Crippen LogP contribution in [0.4, 0.5) is 13.2 Å². The maximum Gasteiger partial charge on any atom is 0.490 e. The number of imidazole rings is 1. The largest absolute Gasteiger partial charge is 0.490 e. The molecule has 0 fully saturated rings. The number of aliphatic carboxylic acids is 1. The van der Waals surface area contributed by atoms with Crippen LogP contribution in [0.15, 0.2) is 35.7 Å². The van der Waals surface area contributed by atoms with Crippen LogP contribution in [0.5, 0.6) is 0 Å². The van der Waals surface area contributed by atoms with E-state index in [1.54, 1.807) is 24.0 Å². The Bertz CT molecular complexity index is 908. The lowest BCUT2D eigenvalue weighted by Gasteiger charge is -2.18. The minimum absolute atomic E-state index is 0.734. The second-order valence-electron chi connectivity index (χ2n) is 6.37. The summed E-state index contributed by atoms with van der Waals surface area (Å²) < 4.78 is 35.9. The number of thiophene rings is 1. The lowest BCUT2D eigenvalue weighted by Crippen LogP contribution is -2.26. The molecule has 0 amide bonds. The van der Waals surface area contributed by atoms with Crippen LogP contribution in [0.3, 0.4) is 0 Å². The van der Waals surface area contributed by atoms with E-state index in [-0.39, 0.29) is 0 Å². The molecular formula is C17H19F3N6O2S. The SMILES string of the molecule is O=C(O)C(F)(F)F.c1ncn(Cc2cnc3n2CCN(Cc2ccsc2)CC3)n1. The molecule has 1 N–H and O–H groups in total. The van der Waals surface area contributed by atoms with Crippen molar-refractivity contribution in [2.24, 2.45) is 0 Å². The predicted octanol–water partition coefficient (Wildman–Crippen LogP) is 2.28. The molecule has 1 aliphatic rings. The highest BCUT2D eigenvalue weighted by molar-refractivity contribution is 7.07. The highest BCUT2D eigenvalue weighted by Crippen LogP contribution is 2.16. The average molecular weight is 428 g/mol. The molecule has 0 aliphatic carbocycles. The summed E-state index contributed by atoms with van der Waals surface area (Å²) >= 11 is 1.77. The third kappa shape index (κ3) is 5.87. The molecule has 0 radical (unpaired) electrons. The lowest BCUT2D eigenvalue weighted by atomic mass is 10.3. The Labute approximate surface area is 168 Å².